The van der Waals surface area contributed by atoms with E-state index in [0.29, 0.717) is 5.41 Å². The lowest BCUT2D eigenvalue weighted by molar-refractivity contribution is 0.0827. The first-order chi connectivity index (χ1) is 8.36. The Morgan fingerprint density at radius 1 is 1.06 bits per heavy atom. The molecule has 0 aromatic carbocycles. The molecule has 3 fully saturated rings. The second-order valence-electron chi connectivity index (χ2n) is 6.77. The SMILES string of the molecule is C1CCC(CN2CCCC3(CCNC3)C2)CC1. The van der Waals surface area contributed by atoms with Crippen LogP contribution < -0.4 is 5.32 Å². The maximum atomic E-state index is 3.58. The van der Waals surface area contributed by atoms with Crippen molar-refractivity contribution in [3.63, 3.8) is 0 Å². The molecular formula is C15H28N2. The highest BCUT2D eigenvalue weighted by Gasteiger charge is 2.38. The molecule has 17 heavy (non-hydrogen) atoms. The number of nitrogens with zero attached hydrogens (tertiary/aromatic N) is 1. The Morgan fingerprint density at radius 2 is 1.94 bits per heavy atom. The van der Waals surface area contributed by atoms with E-state index < -0.39 is 0 Å². The van der Waals surface area contributed by atoms with Crippen LogP contribution in [-0.4, -0.2) is 37.6 Å². The first-order valence-electron chi connectivity index (χ1n) is 7.79. The zero-order valence-corrected chi connectivity index (χ0v) is 11.2. The summed E-state index contributed by atoms with van der Waals surface area (Å²) in [6.07, 6.45) is 11.8. The number of hydrogen-bond donors (Lipinski definition) is 1. The lowest BCUT2D eigenvalue weighted by Gasteiger charge is -2.41. The third kappa shape index (κ3) is 2.85. The minimum Gasteiger partial charge on any atom is -0.316 e. The van der Waals surface area contributed by atoms with E-state index in [0.717, 1.165) is 5.92 Å². The molecule has 1 spiro atoms. The Hall–Kier alpha value is -0.0800. The van der Waals surface area contributed by atoms with Gasteiger partial charge in [-0.1, -0.05) is 19.3 Å². The van der Waals surface area contributed by atoms with Crippen LogP contribution in [0.2, 0.25) is 0 Å². The van der Waals surface area contributed by atoms with Gasteiger partial charge in [0.2, 0.25) is 0 Å². The van der Waals surface area contributed by atoms with E-state index in [1.165, 1.54) is 84.1 Å². The van der Waals surface area contributed by atoms with Crippen LogP contribution in [0.25, 0.3) is 0 Å². The largest absolute Gasteiger partial charge is 0.316 e. The molecule has 0 aromatic heterocycles. The molecule has 3 aliphatic rings. The maximum Gasteiger partial charge on any atom is 0.00507 e. The van der Waals surface area contributed by atoms with Gasteiger partial charge in [-0.3, -0.25) is 0 Å². The van der Waals surface area contributed by atoms with Crippen molar-refractivity contribution in [2.24, 2.45) is 11.3 Å². The van der Waals surface area contributed by atoms with Gasteiger partial charge >= 0.3 is 0 Å². The fourth-order valence-corrected chi connectivity index (χ4v) is 4.34. The quantitative estimate of drug-likeness (QED) is 0.793. The lowest BCUT2D eigenvalue weighted by atomic mass is 9.78. The topological polar surface area (TPSA) is 15.3 Å². The first kappa shape index (κ1) is 12.0. The van der Waals surface area contributed by atoms with Crippen molar-refractivity contribution in [1.82, 2.24) is 10.2 Å². The van der Waals surface area contributed by atoms with Crippen LogP contribution >= 0.6 is 0 Å². The summed E-state index contributed by atoms with van der Waals surface area (Å²) in [6, 6.07) is 0. The summed E-state index contributed by atoms with van der Waals surface area (Å²) >= 11 is 0. The van der Waals surface area contributed by atoms with Crippen molar-refractivity contribution in [3.8, 4) is 0 Å². The number of piperidine rings is 1. The molecule has 0 aromatic rings. The summed E-state index contributed by atoms with van der Waals surface area (Å²) in [7, 11) is 0. The molecule has 2 nitrogen and oxygen atoms in total. The molecule has 0 radical (unpaired) electrons. The second kappa shape index (κ2) is 5.27. The molecule has 1 saturated carbocycles. The van der Waals surface area contributed by atoms with Gasteiger partial charge in [0.1, 0.15) is 0 Å². The highest BCUT2D eigenvalue weighted by Crippen LogP contribution is 2.36. The molecule has 98 valence electrons. The molecular weight excluding hydrogens is 208 g/mol. The smallest absolute Gasteiger partial charge is 0.00507 e. The molecule has 1 atom stereocenters. The summed E-state index contributed by atoms with van der Waals surface area (Å²) in [4.78, 5) is 2.80. The molecule has 1 N–H and O–H groups in total. The molecule has 2 heteroatoms. The Bertz CT molecular complexity index is 239. The van der Waals surface area contributed by atoms with Crippen LogP contribution in [0.15, 0.2) is 0 Å². The Morgan fingerprint density at radius 3 is 2.71 bits per heavy atom. The summed E-state index contributed by atoms with van der Waals surface area (Å²) in [5.41, 5.74) is 0.660. The summed E-state index contributed by atoms with van der Waals surface area (Å²) < 4.78 is 0. The van der Waals surface area contributed by atoms with E-state index in [1.807, 2.05) is 0 Å². The molecule has 2 saturated heterocycles. The molecule has 2 aliphatic heterocycles. The Kier molecular flexibility index (Phi) is 3.72. The predicted molar refractivity (Wildman–Crippen MR) is 72.2 cm³/mol. The highest BCUT2D eigenvalue weighted by atomic mass is 15.2. The average Bonchev–Trinajstić information content (AvgIpc) is 2.79. The van der Waals surface area contributed by atoms with E-state index in [2.05, 4.69) is 10.2 Å². The van der Waals surface area contributed by atoms with Gasteiger partial charge in [0, 0.05) is 19.6 Å². The maximum absolute atomic E-state index is 3.58. The van der Waals surface area contributed by atoms with E-state index in [9.17, 15) is 0 Å². The van der Waals surface area contributed by atoms with Crippen LogP contribution in [0.3, 0.4) is 0 Å². The Balaban J connectivity index is 1.52. The number of hydrogen-bond acceptors (Lipinski definition) is 2. The van der Waals surface area contributed by atoms with Crippen molar-refractivity contribution in [3.05, 3.63) is 0 Å². The summed E-state index contributed by atoms with van der Waals surface area (Å²) in [5.74, 6) is 1.02. The van der Waals surface area contributed by atoms with E-state index in [-0.39, 0.29) is 0 Å². The van der Waals surface area contributed by atoms with Gasteiger partial charge in [0.05, 0.1) is 0 Å². The molecule has 1 aliphatic carbocycles. The first-order valence-corrected chi connectivity index (χ1v) is 7.79. The van der Waals surface area contributed by atoms with Gasteiger partial charge < -0.3 is 10.2 Å². The van der Waals surface area contributed by atoms with Crippen LogP contribution in [0.1, 0.15) is 51.4 Å². The van der Waals surface area contributed by atoms with Gasteiger partial charge in [-0.2, -0.15) is 0 Å². The van der Waals surface area contributed by atoms with E-state index in [1.54, 1.807) is 0 Å². The van der Waals surface area contributed by atoms with Gasteiger partial charge in [-0.25, -0.2) is 0 Å². The summed E-state index contributed by atoms with van der Waals surface area (Å²) in [5, 5.41) is 3.58. The molecule has 0 bridgehead atoms. The number of rotatable bonds is 2. The third-order valence-corrected chi connectivity index (χ3v) is 5.31. The van der Waals surface area contributed by atoms with Crippen molar-refractivity contribution < 1.29 is 0 Å². The van der Waals surface area contributed by atoms with E-state index >= 15 is 0 Å². The van der Waals surface area contributed by atoms with Crippen LogP contribution in [0.4, 0.5) is 0 Å². The fourth-order valence-electron chi connectivity index (χ4n) is 4.34. The van der Waals surface area contributed by atoms with Crippen molar-refractivity contribution in [1.29, 1.82) is 0 Å². The molecule has 0 amide bonds. The zero-order valence-electron chi connectivity index (χ0n) is 11.2. The second-order valence-corrected chi connectivity index (χ2v) is 6.77. The highest BCUT2D eigenvalue weighted by molar-refractivity contribution is 4.93. The summed E-state index contributed by atoms with van der Waals surface area (Å²) in [6.45, 7) is 6.71. The van der Waals surface area contributed by atoms with Crippen molar-refractivity contribution >= 4 is 0 Å². The van der Waals surface area contributed by atoms with Crippen LogP contribution in [-0.2, 0) is 0 Å². The molecule has 3 rings (SSSR count). The van der Waals surface area contributed by atoms with Gasteiger partial charge in [-0.15, -0.1) is 0 Å². The minimum atomic E-state index is 0.660. The van der Waals surface area contributed by atoms with Gasteiger partial charge in [-0.05, 0) is 56.5 Å². The molecule has 2 heterocycles. The van der Waals surface area contributed by atoms with E-state index in [4.69, 9.17) is 0 Å². The normalized spacial score (nSPS) is 36.7. The number of likely N-dealkylation sites (tertiary alicyclic amines) is 1. The Labute approximate surface area is 106 Å². The minimum absolute atomic E-state index is 0.660. The standard InChI is InChI=1S/C15H28N2/c1-2-5-14(6-3-1)11-17-10-4-7-15(13-17)8-9-16-12-15/h14,16H,1-13H2. The molecule has 1 unspecified atom stereocenters. The fraction of sp³-hybridized carbons (Fsp3) is 1.00. The number of nitrogens with one attached hydrogen (secondary N) is 1. The van der Waals surface area contributed by atoms with Crippen molar-refractivity contribution in [2.75, 3.05) is 32.7 Å². The van der Waals surface area contributed by atoms with Crippen molar-refractivity contribution in [2.45, 2.75) is 51.4 Å². The van der Waals surface area contributed by atoms with Gasteiger partial charge in [0.15, 0.2) is 0 Å². The van der Waals surface area contributed by atoms with Crippen LogP contribution in [0.5, 0.6) is 0 Å². The van der Waals surface area contributed by atoms with Crippen LogP contribution in [0, 0.1) is 11.3 Å². The zero-order chi connectivity index (χ0) is 11.6. The lowest BCUT2D eigenvalue weighted by Crippen LogP contribution is -2.46. The average molecular weight is 236 g/mol. The van der Waals surface area contributed by atoms with Gasteiger partial charge in [0.25, 0.3) is 0 Å². The monoisotopic (exact) mass is 236 g/mol. The predicted octanol–water partition coefficient (Wildman–Crippen LogP) is 2.64. The third-order valence-electron chi connectivity index (χ3n) is 5.31.